The van der Waals surface area contributed by atoms with Gasteiger partial charge in [0.15, 0.2) is 11.5 Å². The van der Waals surface area contributed by atoms with E-state index < -0.39 is 0 Å². The Morgan fingerprint density at radius 3 is 2.89 bits per heavy atom. The van der Waals surface area contributed by atoms with Gasteiger partial charge in [0.05, 0.1) is 4.88 Å². The fourth-order valence-corrected chi connectivity index (χ4v) is 3.91. The molecule has 0 radical (unpaired) electrons. The molecule has 1 aliphatic rings. The molecule has 0 fully saturated rings. The first-order chi connectivity index (χ1) is 13.2. The lowest BCUT2D eigenvalue weighted by Crippen LogP contribution is -2.24. The molecule has 27 heavy (non-hydrogen) atoms. The number of aryl methyl sites for hydroxylation is 2. The number of rotatable bonds is 6. The average Bonchev–Trinajstić information content (AvgIpc) is 3.34. The number of aromatic nitrogens is 2. The maximum Gasteiger partial charge on any atom is 0.261 e. The highest BCUT2D eigenvalue weighted by Gasteiger charge is 2.15. The molecule has 2 aromatic heterocycles. The van der Waals surface area contributed by atoms with Crippen LogP contribution in [0, 0.1) is 6.92 Å². The second kappa shape index (κ2) is 7.84. The molecule has 0 saturated heterocycles. The van der Waals surface area contributed by atoms with E-state index in [9.17, 15) is 4.79 Å². The number of nitrogens with zero attached hydrogens (tertiary/aromatic N) is 2. The summed E-state index contributed by atoms with van der Waals surface area (Å²) in [4.78, 5) is 18.3. The molecule has 0 atom stereocenters. The maximum absolute atomic E-state index is 12.4. The highest BCUT2D eigenvalue weighted by atomic mass is 32.1. The second-order valence-electron chi connectivity index (χ2n) is 6.30. The Balaban J connectivity index is 1.34. The topological polar surface area (TPSA) is 65.4 Å². The molecule has 140 valence electrons. The van der Waals surface area contributed by atoms with Crippen LogP contribution in [0.1, 0.15) is 21.9 Å². The SMILES string of the molecule is Cc1nccn1CCCNC(=O)c1ccc(-c2ccc3c(c2)OCCO3)s1. The van der Waals surface area contributed by atoms with Gasteiger partial charge in [0.1, 0.15) is 19.0 Å². The normalized spacial score (nSPS) is 12.8. The first-order valence-electron chi connectivity index (χ1n) is 8.96. The van der Waals surface area contributed by atoms with E-state index in [1.807, 2.05) is 43.5 Å². The van der Waals surface area contributed by atoms with Crippen LogP contribution in [0.5, 0.6) is 11.5 Å². The number of fused-ring (bicyclic) bond motifs is 1. The van der Waals surface area contributed by atoms with E-state index in [0.717, 1.165) is 40.7 Å². The van der Waals surface area contributed by atoms with Crippen LogP contribution in [0.15, 0.2) is 42.7 Å². The minimum absolute atomic E-state index is 0.0360. The van der Waals surface area contributed by atoms with E-state index in [2.05, 4.69) is 14.9 Å². The van der Waals surface area contributed by atoms with Crippen LogP contribution >= 0.6 is 11.3 Å². The molecule has 3 heterocycles. The summed E-state index contributed by atoms with van der Waals surface area (Å²) < 4.78 is 13.3. The van der Waals surface area contributed by atoms with E-state index in [0.29, 0.717) is 24.6 Å². The lowest BCUT2D eigenvalue weighted by Gasteiger charge is -2.18. The summed E-state index contributed by atoms with van der Waals surface area (Å²) in [6.45, 7) is 4.60. The summed E-state index contributed by atoms with van der Waals surface area (Å²) in [6, 6.07) is 9.72. The van der Waals surface area contributed by atoms with E-state index in [1.54, 1.807) is 6.20 Å². The molecular weight excluding hydrogens is 362 g/mol. The van der Waals surface area contributed by atoms with Crippen molar-refractivity contribution in [2.24, 2.45) is 0 Å². The Labute approximate surface area is 161 Å². The predicted octanol–water partition coefficient (Wildman–Crippen LogP) is 3.51. The molecule has 3 aromatic rings. The Bertz CT molecular complexity index is 948. The number of carbonyl (C=O) groups is 1. The predicted molar refractivity (Wildman–Crippen MR) is 105 cm³/mol. The smallest absolute Gasteiger partial charge is 0.261 e. The van der Waals surface area contributed by atoms with Gasteiger partial charge >= 0.3 is 0 Å². The van der Waals surface area contributed by atoms with Crippen molar-refractivity contribution in [3.05, 3.63) is 53.4 Å². The minimum Gasteiger partial charge on any atom is -0.486 e. The summed E-state index contributed by atoms with van der Waals surface area (Å²) >= 11 is 1.48. The van der Waals surface area contributed by atoms with Crippen molar-refractivity contribution in [1.82, 2.24) is 14.9 Å². The zero-order valence-corrected chi connectivity index (χ0v) is 15.9. The van der Waals surface area contributed by atoms with Crippen molar-refractivity contribution in [2.45, 2.75) is 19.9 Å². The van der Waals surface area contributed by atoms with Gasteiger partial charge in [-0.05, 0) is 49.2 Å². The van der Waals surface area contributed by atoms with Crippen molar-refractivity contribution in [3.63, 3.8) is 0 Å². The van der Waals surface area contributed by atoms with Crippen LogP contribution in [0.3, 0.4) is 0 Å². The average molecular weight is 383 g/mol. The minimum atomic E-state index is -0.0360. The van der Waals surface area contributed by atoms with Crippen LogP contribution in [0.25, 0.3) is 10.4 Å². The molecule has 0 aliphatic carbocycles. The highest BCUT2D eigenvalue weighted by molar-refractivity contribution is 7.17. The first kappa shape index (κ1) is 17.6. The fourth-order valence-electron chi connectivity index (χ4n) is 2.99. The summed E-state index contributed by atoms with van der Waals surface area (Å²) in [5, 5.41) is 2.99. The monoisotopic (exact) mass is 383 g/mol. The summed E-state index contributed by atoms with van der Waals surface area (Å²) in [5.74, 6) is 2.48. The molecule has 4 rings (SSSR count). The second-order valence-corrected chi connectivity index (χ2v) is 7.38. The van der Waals surface area contributed by atoms with Gasteiger partial charge in [0.25, 0.3) is 5.91 Å². The Hall–Kier alpha value is -2.80. The van der Waals surface area contributed by atoms with E-state index >= 15 is 0 Å². The quantitative estimate of drug-likeness (QED) is 0.662. The van der Waals surface area contributed by atoms with Gasteiger partial charge in [-0.3, -0.25) is 4.79 Å². The van der Waals surface area contributed by atoms with Crippen molar-refractivity contribution in [2.75, 3.05) is 19.8 Å². The summed E-state index contributed by atoms with van der Waals surface area (Å²) in [5.41, 5.74) is 1.03. The van der Waals surface area contributed by atoms with Crippen LogP contribution in [-0.4, -0.2) is 35.2 Å². The van der Waals surface area contributed by atoms with Gasteiger partial charge in [-0.25, -0.2) is 4.98 Å². The standard InChI is InChI=1S/C20H21N3O3S/c1-14-21-8-10-23(14)9-2-7-22-20(24)19-6-5-18(27-19)15-3-4-16-17(13-15)26-12-11-25-16/h3-6,8,10,13H,2,7,9,11-12H2,1H3,(H,22,24). The number of imidazole rings is 1. The number of amides is 1. The third-order valence-corrected chi connectivity index (χ3v) is 5.57. The Morgan fingerprint density at radius 1 is 1.22 bits per heavy atom. The third kappa shape index (κ3) is 3.98. The van der Waals surface area contributed by atoms with Crippen LogP contribution in [-0.2, 0) is 6.54 Å². The van der Waals surface area contributed by atoms with E-state index in [-0.39, 0.29) is 5.91 Å². The van der Waals surface area contributed by atoms with E-state index in [1.165, 1.54) is 11.3 Å². The highest BCUT2D eigenvalue weighted by Crippen LogP contribution is 2.36. The third-order valence-electron chi connectivity index (χ3n) is 4.44. The summed E-state index contributed by atoms with van der Waals surface area (Å²) in [6.07, 6.45) is 4.61. The van der Waals surface area contributed by atoms with Gasteiger partial charge in [0.2, 0.25) is 0 Å². The summed E-state index contributed by atoms with van der Waals surface area (Å²) in [7, 11) is 0. The molecule has 0 spiro atoms. The lowest BCUT2D eigenvalue weighted by molar-refractivity contribution is 0.0957. The number of ether oxygens (including phenoxy) is 2. The number of hydrogen-bond acceptors (Lipinski definition) is 5. The van der Waals surface area contributed by atoms with Gasteiger partial charge in [-0.2, -0.15) is 0 Å². The van der Waals surface area contributed by atoms with Crippen LogP contribution in [0.4, 0.5) is 0 Å². The number of thiophene rings is 1. The number of carbonyl (C=O) groups excluding carboxylic acids is 1. The molecule has 1 N–H and O–H groups in total. The van der Waals surface area contributed by atoms with Gasteiger partial charge in [0, 0.05) is 30.4 Å². The Kier molecular flexibility index (Phi) is 5.11. The molecular formula is C20H21N3O3S. The number of hydrogen-bond donors (Lipinski definition) is 1. The molecule has 0 bridgehead atoms. The maximum atomic E-state index is 12.4. The molecule has 7 heteroatoms. The van der Waals surface area contributed by atoms with Gasteiger partial charge in [-0.15, -0.1) is 11.3 Å². The number of benzene rings is 1. The van der Waals surface area contributed by atoms with Gasteiger partial charge < -0.3 is 19.4 Å². The van der Waals surface area contributed by atoms with Crippen LogP contribution in [0.2, 0.25) is 0 Å². The largest absolute Gasteiger partial charge is 0.486 e. The first-order valence-corrected chi connectivity index (χ1v) is 9.78. The molecule has 0 saturated carbocycles. The van der Waals surface area contributed by atoms with Crippen molar-refractivity contribution < 1.29 is 14.3 Å². The van der Waals surface area contributed by atoms with E-state index in [4.69, 9.17) is 9.47 Å². The lowest BCUT2D eigenvalue weighted by atomic mass is 10.1. The van der Waals surface area contributed by atoms with Crippen molar-refractivity contribution in [3.8, 4) is 21.9 Å². The molecule has 0 unspecified atom stereocenters. The zero-order valence-electron chi connectivity index (χ0n) is 15.1. The zero-order chi connectivity index (χ0) is 18.6. The van der Waals surface area contributed by atoms with Gasteiger partial charge in [-0.1, -0.05) is 0 Å². The fraction of sp³-hybridized carbons (Fsp3) is 0.300. The van der Waals surface area contributed by atoms with Crippen molar-refractivity contribution in [1.29, 1.82) is 0 Å². The molecule has 1 aromatic carbocycles. The Morgan fingerprint density at radius 2 is 2.07 bits per heavy atom. The molecule has 1 aliphatic heterocycles. The van der Waals surface area contributed by atoms with Crippen molar-refractivity contribution >= 4 is 17.2 Å². The van der Waals surface area contributed by atoms with Crippen LogP contribution < -0.4 is 14.8 Å². The molecule has 6 nitrogen and oxygen atoms in total. The molecule has 1 amide bonds. The number of nitrogens with one attached hydrogen (secondary N) is 1.